The fourth-order valence-corrected chi connectivity index (χ4v) is 0.867. The van der Waals surface area contributed by atoms with E-state index in [-0.39, 0.29) is 0 Å². The second-order valence-electron chi connectivity index (χ2n) is 1.43. The smallest absolute Gasteiger partial charge is 0.0817 e. The van der Waals surface area contributed by atoms with E-state index in [0.717, 1.165) is 11.9 Å². The van der Waals surface area contributed by atoms with Gasteiger partial charge in [-0.05, 0) is 6.42 Å². The molecule has 0 N–H and O–H groups in total. The molecule has 0 aliphatic carbocycles. The maximum Gasteiger partial charge on any atom is 0.0817 e. The number of halogens is 1. The molecule has 1 aliphatic rings. The highest BCUT2D eigenvalue weighted by Crippen LogP contribution is 2.13. The Bertz CT molecular complexity index is 42.8. The molecular formula is C4H7BrO. The summed E-state index contributed by atoms with van der Waals surface area (Å²) in [5.41, 5.74) is 0. The lowest BCUT2D eigenvalue weighted by molar-refractivity contribution is 0.405. The van der Waals surface area contributed by atoms with E-state index in [1.54, 1.807) is 0 Å². The van der Waals surface area contributed by atoms with Gasteiger partial charge in [0.05, 0.1) is 12.7 Å². The first-order valence-corrected chi connectivity index (χ1v) is 3.23. The molecule has 0 saturated carbocycles. The number of rotatable bonds is 2. The fourth-order valence-electron chi connectivity index (χ4n) is 0.356. The summed E-state index contributed by atoms with van der Waals surface area (Å²) < 4.78 is 4.92. The van der Waals surface area contributed by atoms with Crippen LogP contribution in [0.3, 0.4) is 0 Å². The molecule has 0 spiro atoms. The molecule has 36 valence electrons. The molecule has 0 amide bonds. The predicted octanol–water partition coefficient (Wildman–Crippen LogP) is 1.17. The van der Waals surface area contributed by atoms with Crippen molar-refractivity contribution in [1.29, 1.82) is 0 Å². The van der Waals surface area contributed by atoms with Crippen molar-refractivity contribution >= 4 is 15.9 Å². The zero-order chi connectivity index (χ0) is 4.41. The van der Waals surface area contributed by atoms with E-state index in [9.17, 15) is 0 Å². The van der Waals surface area contributed by atoms with Gasteiger partial charge in [0.25, 0.3) is 0 Å². The van der Waals surface area contributed by atoms with E-state index in [1.165, 1.54) is 6.42 Å². The Morgan fingerprint density at radius 1 is 1.83 bits per heavy atom. The van der Waals surface area contributed by atoms with Gasteiger partial charge in [0, 0.05) is 5.33 Å². The van der Waals surface area contributed by atoms with E-state index in [2.05, 4.69) is 15.9 Å². The van der Waals surface area contributed by atoms with Crippen molar-refractivity contribution < 1.29 is 4.74 Å². The Labute approximate surface area is 45.8 Å². The zero-order valence-corrected chi connectivity index (χ0v) is 5.07. The topological polar surface area (TPSA) is 12.5 Å². The van der Waals surface area contributed by atoms with Crippen LogP contribution in [-0.2, 0) is 4.74 Å². The molecular weight excluding hydrogens is 144 g/mol. The van der Waals surface area contributed by atoms with Gasteiger partial charge in [-0.1, -0.05) is 15.9 Å². The standard InChI is InChI=1S/C4H7BrO/c5-2-1-4-3-6-4/h4H,1-3H2/t4-/m0/s1. The Morgan fingerprint density at radius 3 is 2.67 bits per heavy atom. The minimum absolute atomic E-state index is 0.601. The van der Waals surface area contributed by atoms with Gasteiger partial charge in [0.15, 0.2) is 0 Å². The molecule has 1 fully saturated rings. The number of hydrogen-bond acceptors (Lipinski definition) is 1. The second-order valence-corrected chi connectivity index (χ2v) is 2.23. The average molecular weight is 151 g/mol. The number of alkyl halides is 1. The second kappa shape index (κ2) is 1.94. The van der Waals surface area contributed by atoms with Crippen molar-refractivity contribution in [1.82, 2.24) is 0 Å². The summed E-state index contributed by atoms with van der Waals surface area (Å²) >= 11 is 3.31. The molecule has 0 aromatic heterocycles. The van der Waals surface area contributed by atoms with Crippen LogP contribution in [0.15, 0.2) is 0 Å². The molecule has 1 aliphatic heterocycles. The zero-order valence-electron chi connectivity index (χ0n) is 3.48. The van der Waals surface area contributed by atoms with E-state index < -0.39 is 0 Å². The van der Waals surface area contributed by atoms with Crippen LogP contribution < -0.4 is 0 Å². The third-order valence-corrected chi connectivity index (χ3v) is 1.29. The molecule has 1 saturated heterocycles. The summed E-state index contributed by atoms with van der Waals surface area (Å²) in [6.07, 6.45) is 1.78. The van der Waals surface area contributed by atoms with Gasteiger partial charge in [-0.15, -0.1) is 0 Å². The lowest BCUT2D eigenvalue weighted by atomic mass is 10.4. The Morgan fingerprint density at radius 2 is 2.50 bits per heavy atom. The highest BCUT2D eigenvalue weighted by atomic mass is 79.9. The minimum atomic E-state index is 0.601. The first kappa shape index (κ1) is 4.60. The fraction of sp³-hybridized carbons (Fsp3) is 1.00. The van der Waals surface area contributed by atoms with Gasteiger partial charge in [0.2, 0.25) is 0 Å². The lowest BCUT2D eigenvalue weighted by Gasteiger charge is -1.78. The summed E-state index contributed by atoms with van der Waals surface area (Å²) in [6.45, 7) is 0.992. The van der Waals surface area contributed by atoms with Gasteiger partial charge in [-0.2, -0.15) is 0 Å². The van der Waals surface area contributed by atoms with Crippen LogP contribution in [0.5, 0.6) is 0 Å². The SMILES string of the molecule is BrCC[C@H]1CO1. The molecule has 6 heavy (non-hydrogen) atoms. The Kier molecular flexibility index (Phi) is 1.48. The van der Waals surface area contributed by atoms with E-state index in [1.807, 2.05) is 0 Å². The molecule has 1 atom stereocenters. The quantitative estimate of drug-likeness (QED) is 0.426. The molecule has 1 rings (SSSR count). The largest absolute Gasteiger partial charge is 0.373 e. The molecule has 0 radical (unpaired) electrons. The van der Waals surface area contributed by atoms with E-state index in [4.69, 9.17) is 4.74 Å². The van der Waals surface area contributed by atoms with Crippen LogP contribution in [0, 0.1) is 0 Å². The Hall–Kier alpha value is 0.440. The van der Waals surface area contributed by atoms with Crippen LogP contribution in [0.25, 0.3) is 0 Å². The van der Waals surface area contributed by atoms with Crippen molar-refractivity contribution in [2.45, 2.75) is 12.5 Å². The van der Waals surface area contributed by atoms with E-state index >= 15 is 0 Å². The number of epoxide rings is 1. The average Bonchev–Trinajstić information content (AvgIpc) is 2.21. The molecule has 0 bridgehead atoms. The highest BCUT2D eigenvalue weighted by molar-refractivity contribution is 9.09. The minimum Gasteiger partial charge on any atom is -0.373 e. The van der Waals surface area contributed by atoms with Crippen molar-refractivity contribution in [3.63, 3.8) is 0 Å². The first-order valence-electron chi connectivity index (χ1n) is 2.11. The number of ether oxygens (including phenoxy) is 1. The van der Waals surface area contributed by atoms with Crippen LogP contribution in [0.4, 0.5) is 0 Å². The Balaban J connectivity index is 1.88. The maximum absolute atomic E-state index is 4.92. The van der Waals surface area contributed by atoms with E-state index in [0.29, 0.717) is 6.10 Å². The van der Waals surface area contributed by atoms with Gasteiger partial charge >= 0.3 is 0 Å². The molecule has 0 unspecified atom stereocenters. The van der Waals surface area contributed by atoms with Crippen molar-refractivity contribution in [3.05, 3.63) is 0 Å². The molecule has 1 nitrogen and oxygen atoms in total. The van der Waals surface area contributed by atoms with Gasteiger partial charge in [0.1, 0.15) is 0 Å². The van der Waals surface area contributed by atoms with Gasteiger partial charge in [-0.25, -0.2) is 0 Å². The molecule has 1 heterocycles. The van der Waals surface area contributed by atoms with Crippen molar-refractivity contribution in [3.8, 4) is 0 Å². The first-order chi connectivity index (χ1) is 2.93. The molecule has 0 aromatic rings. The van der Waals surface area contributed by atoms with Gasteiger partial charge in [-0.3, -0.25) is 0 Å². The summed E-state index contributed by atoms with van der Waals surface area (Å²) in [6, 6.07) is 0. The normalized spacial score (nSPS) is 30.5. The van der Waals surface area contributed by atoms with Crippen LogP contribution in [0.1, 0.15) is 6.42 Å². The van der Waals surface area contributed by atoms with Crippen molar-refractivity contribution in [2.24, 2.45) is 0 Å². The number of hydrogen-bond donors (Lipinski definition) is 0. The van der Waals surface area contributed by atoms with Crippen LogP contribution >= 0.6 is 15.9 Å². The molecule has 0 aromatic carbocycles. The van der Waals surface area contributed by atoms with Crippen LogP contribution in [-0.4, -0.2) is 18.0 Å². The third-order valence-electron chi connectivity index (χ3n) is 0.833. The molecule has 2 heteroatoms. The summed E-state index contributed by atoms with van der Waals surface area (Å²) in [5.74, 6) is 0. The summed E-state index contributed by atoms with van der Waals surface area (Å²) in [5, 5.41) is 1.08. The lowest BCUT2D eigenvalue weighted by Crippen LogP contribution is -1.82. The third kappa shape index (κ3) is 1.27. The van der Waals surface area contributed by atoms with Crippen LogP contribution in [0.2, 0.25) is 0 Å². The highest BCUT2D eigenvalue weighted by Gasteiger charge is 2.20. The van der Waals surface area contributed by atoms with Crippen molar-refractivity contribution in [2.75, 3.05) is 11.9 Å². The monoisotopic (exact) mass is 150 g/mol. The summed E-state index contributed by atoms with van der Waals surface area (Å²) in [4.78, 5) is 0. The maximum atomic E-state index is 4.92. The summed E-state index contributed by atoms with van der Waals surface area (Å²) in [7, 11) is 0. The van der Waals surface area contributed by atoms with Gasteiger partial charge < -0.3 is 4.74 Å². The predicted molar refractivity (Wildman–Crippen MR) is 28.2 cm³/mol.